The van der Waals surface area contributed by atoms with Gasteiger partial charge in [0.05, 0.1) is 0 Å². The molecule has 0 spiro atoms. The molecule has 1 unspecified atom stereocenters. The Morgan fingerprint density at radius 1 is 1.32 bits per heavy atom. The van der Waals surface area contributed by atoms with E-state index in [4.69, 9.17) is 35.8 Å². The van der Waals surface area contributed by atoms with E-state index >= 15 is 0 Å². The molecule has 0 fully saturated rings. The van der Waals surface area contributed by atoms with Crippen molar-refractivity contribution in [1.29, 1.82) is 0 Å². The smallest absolute Gasteiger partial charge is 0.466 e. The highest BCUT2D eigenvalue weighted by atomic mass is 31.2. The molecule has 19 heavy (non-hydrogen) atoms. The Balaban J connectivity index is 0. The third-order valence-electron chi connectivity index (χ3n) is 1.60. The van der Waals surface area contributed by atoms with E-state index in [1.165, 1.54) is 6.20 Å². The summed E-state index contributed by atoms with van der Waals surface area (Å²) in [6.45, 7) is 0.353. The maximum absolute atomic E-state index is 10.6. The monoisotopic (exact) mass is 299 g/mol. The third-order valence-corrected chi connectivity index (χ3v) is 1.60. The molecule has 0 aliphatic rings. The van der Waals surface area contributed by atoms with Gasteiger partial charge < -0.3 is 36.6 Å². The van der Waals surface area contributed by atoms with Crippen molar-refractivity contribution >= 4 is 19.7 Å². The molecule has 0 aromatic carbocycles. The second-order valence-electron chi connectivity index (χ2n) is 3.25. The largest absolute Gasteiger partial charge is 0.480 e. The number of carboxylic acid groups (broad SMARTS) is 1. The number of rotatable bonds is 7. The van der Waals surface area contributed by atoms with Crippen LogP contribution in [-0.4, -0.2) is 44.2 Å². The van der Waals surface area contributed by atoms with Gasteiger partial charge in [-0.3, -0.25) is 9.59 Å². The molecule has 0 heterocycles. The predicted octanol–water partition coefficient (Wildman–Crippen LogP) is -2.16. The maximum Gasteiger partial charge on any atom is 0.466 e. The fourth-order valence-electron chi connectivity index (χ4n) is 0.878. The molecule has 0 aromatic heterocycles. The Kier molecular flexibility index (Phi) is 11.0. The number of nitrogens with two attached hydrogens (primary N) is 2. The Morgan fingerprint density at radius 3 is 2.11 bits per heavy atom. The Labute approximate surface area is 109 Å². The molecule has 0 saturated carbocycles. The molecule has 0 aromatic rings. The van der Waals surface area contributed by atoms with Crippen LogP contribution in [-0.2, 0) is 14.2 Å². The number of carbonyl (C=O) groups excluding carboxylic acids is 1. The van der Waals surface area contributed by atoms with Crippen molar-refractivity contribution in [3.8, 4) is 0 Å². The average Bonchev–Trinajstić information content (AvgIpc) is 2.19. The summed E-state index contributed by atoms with van der Waals surface area (Å²) in [5.41, 5.74) is 9.97. The standard InChI is InChI=1S/C8H15N3O3.H3O4P/c9-4-1-5-11-6(8(13)14)2-3-7(10)12;1-5(2,3)4/h1,4,6,11H,2-3,5,9H2,(H2,10,12)(H,13,14);(H3,1,2,3,4). The fraction of sp³-hybridized carbons (Fsp3) is 0.500. The Hall–Kier alpha value is -1.45. The first-order valence-electron chi connectivity index (χ1n) is 4.97. The highest BCUT2D eigenvalue weighted by Crippen LogP contribution is 2.25. The zero-order valence-electron chi connectivity index (χ0n) is 9.97. The molecular weight excluding hydrogens is 281 g/mol. The molecule has 0 saturated heterocycles. The Morgan fingerprint density at radius 2 is 1.79 bits per heavy atom. The van der Waals surface area contributed by atoms with Gasteiger partial charge in [0.2, 0.25) is 5.91 Å². The number of phosphoric acid groups is 1. The first-order chi connectivity index (χ1) is 8.57. The number of carbonyl (C=O) groups is 2. The molecule has 1 amide bonds. The zero-order valence-corrected chi connectivity index (χ0v) is 10.9. The number of amides is 1. The topological polar surface area (TPSA) is 196 Å². The van der Waals surface area contributed by atoms with Gasteiger partial charge in [-0.05, 0) is 12.6 Å². The normalized spacial score (nSPS) is 12.6. The van der Waals surface area contributed by atoms with Crippen molar-refractivity contribution in [2.45, 2.75) is 18.9 Å². The van der Waals surface area contributed by atoms with E-state index in [0.29, 0.717) is 6.54 Å². The summed E-state index contributed by atoms with van der Waals surface area (Å²) in [7, 11) is -4.64. The van der Waals surface area contributed by atoms with Gasteiger partial charge >= 0.3 is 13.8 Å². The summed E-state index contributed by atoms with van der Waals surface area (Å²) in [6.07, 6.45) is 3.14. The molecular formula is C8H18N3O7P. The summed E-state index contributed by atoms with van der Waals surface area (Å²) in [5.74, 6) is -1.51. The number of primary amides is 1. The van der Waals surface area contributed by atoms with Gasteiger partial charge in [0.15, 0.2) is 0 Å². The van der Waals surface area contributed by atoms with Crippen molar-refractivity contribution in [3.05, 3.63) is 12.3 Å². The number of hydrogen-bond acceptors (Lipinski definition) is 5. The summed E-state index contributed by atoms with van der Waals surface area (Å²) < 4.78 is 8.88. The summed E-state index contributed by atoms with van der Waals surface area (Å²) in [5, 5.41) is 11.4. The van der Waals surface area contributed by atoms with Gasteiger partial charge in [-0.2, -0.15) is 0 Å². The van der Waals surface area contributed by atoms with Crippen LogP contribution < -0.4 is 16.8 Å². The molecule has 0 bridgehead atoms. The van der Waals surface area contributed by atoms with Gasteiger partial charge in [0.1, 0.15) is 6.04 Å². The van der Waals surface area contributed by atoms with Gasteiger partial charge in [-0.1, -0.05) is 6.08 Å². The second kappa shape index (κ2) is 10.5. The molecule has 0 aliphatic carbocycles. The number of carboxylic acids is 1. The molecule has 0 rings (SSSR count). The van der Waals surface area contributed by atoms with Crippen molar-refractivity contribution in [1.82, 2.24) is 5.32 Å². The first-order valence-corrected chi connectivity index (χ1v) is 6.54. The van der Waals surface area contributed by atoms with E-state index < -0.39 is 25.7 Å². The third kappa shape index (κ3) is 22.2. The lowest BCUT2D eigenvalue weighted by Crippen LogP contribution is -2.37. The minimum absolute atomic E-state index is 0.0519. The molecule has 10 nitrogen and oxygen atoms in total. The van der Waals surface area contributed by atoms with Crippen LogP contribution in [0.1, 0.15) is 12.8 Å². The van der Waals surface area contributed by atoms with Crippen molar-refractivity contribution < 1.29 is 33.9 Å². The lowest BCUT2D eigenvalue weighted by molar-refractivity contribution is -0.139. The van der Waals surface area contributed by atoms with E-state index in [1.54, 1.807) is 6.08 Å². The molecule has 11 heteroatoms. The first kappa shape index (κ1) is 19.9. The quantitative estimate of drug-likeness (QED) is 0.256. The van der Waals surface area contributed by atoms with Crippen LogP contribution in [0.3, 0.4) is 0 Å². The van der Waals surface area contributed by atoms with Crippen LogP contribution in [0.2, 0.25) is 0 Å². The van der Waals surface area contributed by atoms with Crippen LogP contribution in [0.25, 0.3) is 0 Å². The molecule has 0 radical (unpaired) electrons. The van der Waals surface area contributed by atoms with Crippen LogP contribution in [0.5, 0.6) is 0 Å². The maximum atomic E-state index is 10.6. The van der Waals surface area contributed by atoms with E-state index in [9.17, 15) is 9.59 Å². The van der Waals surface area contributed by atoms with Gasteiger partial charge in [-0.15, -0.1) is 0 Å². The van der Waals surface area contributed by atoms with Crippen LogP contribution in [0.15, 0.2) is 12.3 Å². The van der Waals surface area contributed by atoms with Crippen LogP contribution in [0, 0.1) is 0 Å². The predicted molar refractivity (Wildman–Crippen MR) is 65.4 cm³/mol. The minimum Gasteiger partial charge on any atom is -0.480 e. The number of hydrogen-bond donors (Lipinski definition) is 7. The zero-order chi connectivity index (χ0) is 15.5. The number of aliphatic carboxylic acids is 1. The van der Waals surface area contributed by atoms with E-state index in [2.05, 4.69) is 5.32 Å². The molecule has 1 atom stereocenters. The Bertz CT molecular complexity index is 346. The van der Waals surface area contributed by atoms with Crippen molar-refractivity contribution in [2.75, 3.05) is 6.54 Å². The van der Waals surface area contributed by atoms with Gasteiger partial charge in [0, 0.05) is 13.0 Å². The average molecular weight is 299 g/mol. The number of nitrogens with one attached hydrogen (secondary N) is 1. The van der Waals surface area contributed by atoms with E-state index in [0.717, 1.165) is 0 Å². The van der Waals surface area contributed by atoms with Gasteiger partial charge in [-0.25, -0.2) is 4.57 Å². The van der Waals surface area contributed by atoms with Crippen molar-refractivity contribution in [2.24, 2.45) is 11.5 Å². The summed E-state index contributed by atoms with van der Waals surface area (Å²) in [6, 6.07) is -0.765. The summed E-state index contributed by atoms with van der Waals surface area (Å²) in [4.78, 5) is 42.6. The highest BCUT2D eigenvalue weighted by molar-refractivity contribution is 7.45. The van der Waals surface area contributed by atoms with Gasteiger partial charge in [0.25, 0.3) is 0 Å². The molecule has 9 N–H and O–H groups in total. The lowest BCUT2D eigenvalue weighted by atomic mass is 10.1. The SMILES string of the molecule is NC=CCNC(CCC(N)=O)C(=O)O.O=P(O)(O)O. The molecule has 0 aliphatic heterocycles. The summed E-state index contributed by atoms with van der Waals surface area (Å²) >= 11 is 0. The van der Waals surface area contributed by atoms with Crippen molar-refractivity contribution in [3.63, 3.8) is 0 Å². The fourth-order valence-corrected chi connectivity index (χ4v) is 0.878. The van der Waals surface area contributed by atoms with Crippen LogP contribution in [0.4, 0.5) is 0 Å². The van der Waals surface area contributed by atoms with Crippen LogP contribution >= 0.6 is 7.82 Å². The van der Waals surface area contributed by atoms with E-state index in [1.807, 2.05) is 0 Å². The highest BCUT2D eigenvalue weighted by Gasteiger charge is 2.16. The molecule has 112 valence electrons. The lowest BCUT2D eigenvalue weighted by Gasteiger charge is -2.11. The van der Waals surface area contributed by atoms with E-state index in [-0.39, 0.29) is 12.8 Å². The second-order valence-corrected chi connectivity index (χ2v) is 4.27. The minimum atomic E-state index is -4.64.